The summed E-state index contributed by atoms with van der Waals surface area (Å²) in [5.74, 6) is -0.202. The van der Waals surface area contributed by atoms with Gasteiger partial charge in [0.05, 0.1) is 0 Å². The summed E-state index contributed by atoms with van der Waals surface area (Å²) in [4.78, 5) is 28.4. The molecule has 0 fully saturated rings. The highest BCUT2D eigenvalue weighted by Gasteiger charge is 2.30. The van der Waals surface area contributed by atoms with E-state index in [9.17, 15) is 14.0 Å². The maximum Gasteiger partial charge on any atom is 0.261 e. The lowest BCUT2D eigenvalue weighted by Crippen LogP contribution is -2.52. The Kier molecular flexibility index (Phi) is 9.88. The van der Waals surface area contributed by atoms with Crippen LogP contribution in [0.1, 0.15) is 30.5 Å². The number of nitrogens with zero attached hydrogens (tertiary/aromatic N) is 1. The molecule has 190 valence electrons. The monoisotopic (exact) mass is 510 g/mol. The van der Waals surface area contributed by atoms with Gasteiger partial charge in [-0.05, 0) is 59.9 Å². The van der Waals surface area contributed by atoms with E-state index in [0.717, 1.165) is 11.1 Å². The molecular weight excluding hydrogens is 479 g/mol. The average Bonchev–Trinajstić information content (AvgIpc) is 2.87. The Morgan fingerprint density at radius 2 is 1.69 bits per heavy atom. The molecule has 1 atom stereocenters. The van der Waals surface area contributed by atoms with Crippen molar-refractivity contribution in [3.63, 3.8) is 0 Å². The van der Waals surface area contributed by atoms with Crippen molar-refractivity contribution in [2.75, 3.05) is 13.2 Å². The first-order chi connectivity index (χ1) is 17.2. The van der Waals surface area contributed by atoms with Crippen LogP contribution in [-0.2, 0) is 22.6 Å². The van der Waals surface area contributed by atoms with Gasteiger partial charge in [0.2, 0.25) is 5.91 Å². The SMILES string of the molecule is Cc1cc(OCC(=O)N(Cc2ccc(F)cc2)[C@@H](Cc2ccccc2)C(=O)NCC(C)C)ccc1Cl. The van der Waals surface area contributed by atoms with Gasteiger partial charge in [-0.25, -0.2) is 4.39 Å². The van der Waals surface area contributed by atoms with E-state index in [2.05, 4.69) is 5.32 Å². The smallest absolute Gasteiger partial charge is 0.261 e. The zero-order valence-electron chi connectivity index (χ0n) is 20.8. The molecule has 0 spiro atoms. The Morgan fingerprint density at radius 3 is 2.33 bits per heavy atom. The number of amides is 2. The van der Waals surface area contributed by atoms with Gasteiger partial charge in [0.25, 0.3) is 5.91 Å². The van der Waals surface area contributed by atoms with E-state index in [1.54, 1.807) is 30.3 Å². The predicted octanol–water partition coefficient (Wildman–Crippen LogP) is 5.58. The topological polar surface area (TPSA) is 58.6 Å². The Labute approximate surface area is 217 Å². The van der Waals surface area contributed by atoms with Crippen LogP contribution in [0.2, 0.25) is 5.02 Å². The number of ether oxygens (including phenoxy) is 1. The zero-order chi connectivity index (χ0) is 26.1. The molecule has 3 aromatic carbocycles. The summed E-state index contributed by atoms with van der Waals surface area (Å²) in [5.41, 5.74) is 2.47. The number of aryl methyl sites for hydroxylation is 1. The van der Waals surface area contributed by atoms with Crippen molar-refractivity contribution < 1.29 is 18.7 Å². The summed E-state index contributed by atoms with van der Waals surface area (Å²) >= 11 is 6.10. The second kappa shape index (κ2) is 13.1. The molecule has 0 aliphatic heterocycles. The summed E-state index contributed by atoms with van der Waals surface area (Å²) in [6, 6.07) is 19.9. The first-order valence-electron chi connectivity index (χ1n) is 12.0. The van der Waals surface area contributed by atoms with Crippen molar-refractivity contribution in [2.24, 2.45) is 5.92 Å². The first-order valence-corrected chi connectivity index (χ1v) is 12.3. The van der Waals surface area contributed by atoms with Crippen LogP contribution < -0.4 is 10.1 Å². The first kappa shape index (κ1) is 27.2. The second-order valence-electron chi connectivity index (χ2n) is 9.19. The lowest BCUT2D eigenvalue weighted by molar-refractivity contribution is -0.142. The quantitative estimate of drug-likeness (QED) is 0.366. The van der Waals surface area contributed by atoms with Crippen LogP contribution in [0, 0.1) is 18.7 Å². The number of halogens is 2. The van der Waals surface area contributed by atoms with E-state index in [1.165, 1.54) is 17.0 Å². The van der Waals surface area contributed by atoms with Gasteiger partial charge in [-0.1, -0.05) is 67.9 Å². The van der Waals surface area contributed by atoms with Gasteiger partial charge >= 0.3 is 0 Å². The Bertz CT molecular complexity index is 1150. The molecular formula is C29H32ClFN2O3. The van der Waals surface area contributed by atoms with Gasteiger partial charge in [-0.2, -0.15) is 0 Å². The largest absolute Gasteiger partial charge is 0.484 e. The fourth-order valence-corrected chi connectivity index (χ4v) is 3.82. The highest BCUT2D eigenvalue weighted by Crippen LogP contribution is 2.22. The standard InChI is InChI=1S/C29H32ClFN2O3/c1-20(2)17-32-29(35)27(16-22-7-5-4-6-8-22)33(18-23-9-11-24(31)12-10-23)28(34)19-36-25-13-14-26(30)21(3)15-25/h4-15,20,27H,16-19H2,1-3H3,(H,32,35)/t27-/m0/s1. The van der Waals surface area contributed by atoms with Gasteiger partial charge in [0, 0.05) is 24.5 Å². The molecule has 0 aliphatic carbocycles. The minimum atomic E-state index is -0.778. The Morgan fingerprint density at radius 1 is 1.00 bits per heavy atom. The molecule has 0 aromatic heterocycles. The molecule has 1 N–H and O–H groups in total. The summed E-state index contributed by atoms with van der Waals surface area (Å²) in [5, 5.41) is 3.58. The predicted molar refractivity (Wildman–Crippen MR) is 140 cm³/mol. The second-order valence-corrected chi connectivity index (χ2v) is 9.60. The lowest BCUT2D eigenvalue weighted by atomic mass is 10.0. The van der Waals surface area contributed by atoms with Crippen LogP contribution in [-0.4, -0.2) is 35.9 Å². The molecule has 0 unspecified atom stereocenters. The highest BCUT2D eigenvalue weighted by molar-refractivity contribution is 6.31. The van der Waals surface area contributed by atoms with Crippen LogP contribution in [0.4, 0.5) is 4.39 Å². The molecule has 0 radical (unpaired) electrons. The maximum absolute atomic E-state index is 13.5. The normalized spacial score (nSPS) is 11.7. The van der Waals surface area contributed by atoms with Crippen molar-refractivity contribution in [3.8, 4) is 5.75 Å². The zero-order valence-corrected chi connectivity index (χ0v) is 21.6. The van der Waals surface area contributed by atoms with E-state index in [0.29, 0.717) is 29.3 Å². The summed E-state index contributed by atoms with van der Waals surface area (Å²) < 4.78 is 19.3. The summed E-state index contributed by atoms with van der Waals surface area (Å²) in [6.07, 6.45) is 0.331. The number of hydrogen-bond acceptors (Lipinski definition) is 3. The van der Waals surface area contributed by atoms with Crippen molar-refractivity contribution in [1.82, 2.24) is 10.2 Å². The van der Waals surface area contributed by atoms with Crippen molar-refractivity contribution in [1.29, 1.82) is 0 Å². The molecule has 5 nitrogen and oxygen atoms in total. The van der Waals surface area contributed by atoms with Gasteiger partial charge in [-0.3, -0.25) is 9.59 Å². The van der Waals surface area contributed by atoms with Crippen molar-refractivity contribution in [3.05, 3.63) is 100 Å². The molecule has 0 saturated carbocycles. The number of carbonyl (C=O) groups excluding carboxylic acids is 2. The van der Waals surface area contributed by atoms with Crippen LogP contribution in [0.15, 0.2) is 72.8 Å². The van der Waals surface area contributed by atoms with Gasteiger partial charge in [0.15, 0.2) is 6.61 Å². The molecule has 0 bridgehead atoms. The van der Waals surface area contributed by atoms with E-state index >= 15 is 0 Å². The highest BCUT2D eigenvalue weighted by atomic mass is 35.5. The van der Waals surface area contributed by atoms with Gasteiger partial charge in [-0.15, -0.1) is 0 Å². The molecule has 36 heavy (non-hydrogen) atoms. The van der Waals surface area contributed by atoms with Crippen LogP contribution in [0.25, 0.3) is 0 Å². The minimum absolute atomic E-state index is 0.134. The molecule has 0 aliphatic rings. The summed E-state index contributed by atoms with van der Waals surface area (Å²) in [6.45, 7) is 6.24. The van der Waals surface area contributed by atoms with Gasteiger partial charge in [0.1, 0.15) is 17.6 Å². The molecule has 2 amide bonds. The number of hydrogen-bond donors (Lipinski definition) is 1. The van der Waals surface area contributed by atoms with Crippen LogP contribution in [0.3, 0.4) is 0 Å². The number of nitrogens with one attached hydrogen (secondary N) is 1. The van der Waals surface area contributed by atoms with E-state index < -0.39 is 6.04 Å². The van der Waals surface area contributed by atoms with E-state index in [4.69, 9.17) is 16.3 Å². The van der Waals surface area contributed by atoms with Crippen LogP contribution >= 0.6 is 11.6 Å². The van der Waals surface area contributed by atoms with Gasteiger partial charge < -0.3 is 15.0 Å². The molecule has 0 saturated heterocycles. The van der Waals surface area contributed by atoms with Crippen LogP contribution in [0.5, 0.6) is 5.75 Å². The maximum atomic E-state index is 13.5. The number of benzene rings is 3. The average molecular weight is 511 g/mol. The fraction of sp³-hybridized carbons (Fsp3) is 0.310. The fourth-order valence-electron chi connectivity index (χ4n) is 3.70. The van der Waals surface area contributed by atoms with E-state index in [1.807, 2.05) is 51.1 Å². The molecule has 0 heterocycles. The molecule has 7 heteroatoms. The third-order valence-electron chi connectivity index (χ3n) is 5.71. The number of carbonyl (C=O) groups is 2. The summed E-state index contributed by atoms with van der Waals surface area (Å²) in [7, 11) is 0. The van der Waals surface area contributed by atoms with E-state index in [-0.39, 0.29) is 36.7 Å². The third-order valence-corrected chi connectivity index (χ3v) is 6.14. The molecule has 3 aromatic rings. The van der Waals surface area contributed by atoms with Crippen molar-refractivity contribution >= 4 is 23.4 Å². The molecule has 3 rings (SSSR count). The lowest BCUT2D eigenvalue weighted by Gasteiger charge is -2.31. The van der Waals surface area contributed by atoms with Crippen molar-refractivity contribution in [2.45, 2.75) is 39.8 Å². The third kappa shape index (κ3) is 8.09. The Balaban J connectivity index is 1.89. The Hall–Kier alpha value is -3.38. The number of rotatable bonds is 11. The minimum Gasteiger partial charge on any atom is -0.484 e.